The fourth-order valence-electron chi connectivity index (χ4n) is 0.716. The summed E-state index contributed by atoms with van der Waals surface area (Å²) in [5.41, 5.74) is 0. The van der Waals surface area contributed by atoms with Crippen LogP contribution in [0.15, 0.2) is 29.2 Å². The first-order valence-electron chi connectivity index (χ1n) is 3.15. The van der Waals surface area contributed by atoms with Crippen LogP contribution < -0.4 is 0 Å². The van der Waals surface area contributed by atoms with E-state index in [0.29, 0.717) is 5.02 Å². The van der Waals surface area contributed by atoms with Crippen molar-refractivity contribution in [3.8, 4) is 0 Å². The van der Waals surface area contributed by atoms with Gasteiger partial charge in [0.15, 0.2) is 9.84 Å². The Morgan fingerprint density at radius 1 is 1.25 bits per heavy atom. The van der Waals surface area contributed by atoms with E-state index < -0.39 is 9.84 Å². The first-order chi connectivity index (χ1) is 5.56. The molecule has 0 heterocycles. The molecule has 0 bridgehead atoms. The van der Waals surface area contributed by atoms with Crippen LogP contribution in [0.1, 0.15) is 0 Å². The van der Waals surface area contributed by atoms with E-state index in [4.69, 9.17) is 11.6 Å². The van der Waals surface area contributed by atoms with Gasteiger partial charge in [-0.15, -0.1) is 0 Å². The Morgan fingerprint density at radius 2 is 1.75 bits per heavy atom. The van der Waals surface area contributed by atoms with Crippen LogP contribution in [-0.2, 0) is 9.84 Å². The molecule has 0 radical (unpaired) electrons. The Kier molecular flexibility index (Phi) is 3.04. The van der Waals surface area contributed by atoms with E-state index in [1.54, 1.807) is 0 Å². The smallest absolute Gasteiger partial charge is 0.187 e. The second-order valence-electron chi connectivity index (χ2n) is 2.20. The molecule has 1 aromatic carbocycles. The topological polar surface area (TPSA) is 34.1 Å². The maximum absolute atomic E-state index is 11.2. The number of rotatable bonds is 2. The maximum Gasteiger partial charge on any atom is 0.187 e. The van der Waals surface area contributed by atoms with Gasteiger partial charge in [0.25, 0.3) is 0 Å². The lowest BCUT2D eigenvalue weighted by molar-refractivity contribution is 0.601. The van der Waals surface area contributed by atoms with Gasteiger partial charge in [0, 0.05) is 5.02 Å². The Hall–Kier alpha value is -0.190. The average molecular weight is 223 g/mol. The zero-order chi connectivity index (χ0) is 9.19. The van der Waals surface area contributed by atoms with Crippen molar-refractivity contribution in [2.45, 2.75) is 4.90 Å². The number of thiol groups is 1. The predicted molar refractivity (Wildman–Crippen MR) is 52.5 cm³/mol. The Labute approximate surface area is 81.9 Å². The molecule has 0 saturated carbocycles. The molecule has 0 aliphatic carbocycles. The highest BCUT2D eigenvalue weighted by Gasteiger charge is 2.10. The summed E-state index contributed by atoms with van der Waals surface area (Å²) in [6.45, 7) is 0. The molecule has 0 aromatic heterocycles. The molecule has 0 spiro atoms. The number of hydrogen-bond acceptors (Lipinski definition) is 3. The van der Waals surface area contributed by atoms with Gasteiger partial charge in [-0.1, -0.05) is 11.6 Å². The molecule has 2 nitrogen and oxygen atoms in total. The van der Waals surface area contributed by atoms with E-state index in [-0.39, 0.29) is 9.98 Å². The summed E-state index contributed by atoms with van der Waals surface area (Å²) in [5.74, 6) is 0. The molecule has 66 valence electrons. The average Bonchev–Trinajstić information content (AvgIpc) is 2.05. The highest BCUT2D eigenvalue weighted by atomic mass is 35.5. The monoisotopic (exact) mass is 222 g/mol. The van der Waals surface area contributed by atoms with Gasteiger partial charge in [0.2, 0.25) is 0 Å². The summed E-state index contributed by atoms with van der Waals surface area (Å²) < 4.78 is 22.4. The van der Waals surface area contributed by atoms with Crippen LogP contribution in [0.5, 0.6) is 0 Å². The van der Waals surface area contributed by atoms with E-state index in [1.165, 1.54) is 24.3 Å². The van der Waals surface area contributed by atoms with Gasteiger partial charge < -0.3 is 0 Å². The Morgan fingerprint density at radius 3 is 2.17 bits per heavy atom. The molecule has 5 heteroatoms. The van der Waals surface area contributed by atoms with Crippen molar-refractivity contribution < 1.29 is 8.42 Å². The Balaban J connectivity index is 3.14. The zero-order valence-corrected chi connectivity index (χ0v) is 8.53. The molecule has 0 saturated heterocycles. The first-order valence-corrected chi connectivity index (χ1v) is 5.82. The molecular formula is C7H7ClO2S2. The van der Waals surface area contributed by atoms with Crippen LogP contribution in [0.3, 0.4) is 0 Å². The van der Waals surface area contributed by atoms with E-state index in [2.05, 4.69) is 12.6 Å². The van der Waals surface area contributed by atoms with Gasteiger partial charge in [-0.2, -0.15) is 12.6 Å². The summed E-state index contributed by atoms with van der Waals surface area (Å²) in [6.07, 6.45) is 0. The van der Waals surface area contributed by atoms with Crippen LogP contribution in [0, 0.1) is 0 Å². The van der Waals surface area contributed by atoms with E-state index in [1.807, 2.05) is 0 Å². The minimum atomic E-state index is -3.21. The molecule has 0 N–H and O–H groups in total. The Bertz CT molecular complexity index is 355. The summed E-state index contributed by atoms with van der Waals surface area (Å²) in [5, 5.41) is 0.336. The fourth-order valence-corrected chi connectivity index (χ4v) is 1.99. The highest BCUT2D eigenvalue weighted by molar-refractivity contribution is 8.03. The first kappa shape index (κ1) is 9.89. The molecule has 0 aliphatic rings. The maximum atomic E-state index is 11.2. The second-order valence-corrected chi connectivity index (χ2v) is 5.37. The summed E-state index contributed by atoms with van der Waals surface area (Å²) in [4.78, 5) is 0.252. The summed E-state index contributed by atoms with van der Waals surface area (Å²) in [7, 11) is -3.21. The van der Waals surface area contributed by atoms with E-state index in [9.17, 15) is 8.42 Å². The summed E-state index contributed by atoms with van der Waals surface area (Å²) >= 11 is 9.31. The predicted octanol–water partition coefficient (Wildman–Crippen LogP) is 2.00. The quantitative estimate of drug-likeness (QED) is 0.777. The largest absolute Gasteiger partial charge is 0.223 e. The number of benzene rings is 1. The normalized spacial score (nSPS) is 11.5. The minimum absolute atomic E-state index is 0.186. The molecule has 0 atom stereocenters. The SMILES string of the molecule is O=S(=O)(CS)c1ccc(Cl)cc1. The third-order valence-corrected chi connectivity index (χ3v) is 3.94. The molecule has 1 rings (SSSR count). The van der Waals surface area contributed by atoms with Crippen LogP contribution >= 0.6 is 24.2 Å². The van der Waals surface area contributed by atoms with E-state index in [0.717, 1.165) is 0 Å². The van der Waals surface area contributed by atoms with Crippen LogP contribution in [0.2, 0.25) is 5.02 Å². The standard InChI is InChI=1S/C7H7ClO2S2/c8-6-1-3-7(4-2-6)12(9,10)5-11/h1-4,11H,5H2. The third-order valence-electron chi connectivity index (χ3n) is 1.34. The van der Waals surface area contributed by atoms with Crippen molar-refractivity contribution in [1.82, 2.24) is 0 Å². The lowest BCUT2D eigenvalue weighted by Gasteiger charge is -1.99. The van der Waals surface area contributed by atoms with Crippen LogP contribution in [-0.4, -0.2) is 13.5 Å². The van der Waals surface area contributed by atoms with Crippen molar-refractivity contribution in [2.75, 3.05) is 5.08 Å². The molecule has 0 fully saturated rings. The third kappa shape index (κ3) is 2.15. The lowest BCUT2D eigenvalue weighted by atomic mass is 10.4. The number of sulfone groups is 1. The number of halogens is 1. The minimum Gasteiger partial charge on any atom is -0.223 e. The highest BCUT2D eigenvalue weighted by Crippen LogP contribution is 2.15. The van der Waals surface area contributed by atoms with Gasteiger partial charge in [0.05, 0.1) is 9.98 Å². The van der Waals surface area contributed by atoms with Crippen molar-refractivity contribution in [3.05, 3.63) is 29.3 Å². The molecule has 0 aliphatic heterocycles. The molecule has 0 amide bonds. The van der Waals surface area contributed by atoms with Gasteiger partial charge in [-0.05, 0) is 24.3 Å². The van der Waals surface area contributed by atoms with Gasteiger partial charge in [0.1, 0.15) is 0 Å². The summed E-state index contributed by atoms with van der Waals surface area (Å²) in [6, 6.07) is 6.01. The van der Waals surface area contributed by atoms with Crippen molar-refractivity contribution >= 4 is 34.1 Å². The van der Waals surface area contributed by atoms with Crippen molar-refractivity contribution in [1.29, 1.82) is 0 Å². The molecule has 12 heavy (non-hydrogen) atoms. The number of hydrogen-bond donors (Lipinski definition) is 1. The van der Waals surface area contributed by atoms with Gasteiger partial charge >= 0.3 is 0 Å². The second kappa shape index (κ2) is 3.68. The van der Waals surface area contributed by atoms with Gasteiger partial charge in [-0.25, -0.2) is 8.42 Å². The van der Waals surface area contributed by atoms with Crippen molar-refractivity contribution in [2.24, 2.45) is 0 Å². The molecule has 1 aromatic rings. The fraction of sp³-hybridized carbons (Fsp3) is 0.143. The van der Waals surface area contributed by atoms with Crippen molar-refractivity contribution in [3.63, 3.8) is 0 Å². The lowest BCUT2D eigenvalue weighted by Crippen LogP contribution is -2.01. The molecule has 0 unspecified atom stereocenters. The van der Waals surface area contributed by atoms with Gasteiger partial charge in [-0.3, -0.25) is 0 Å². The zero-order valence-electron chi connectivity index (χ0n) is 6.07. The van der Waals surface area contributed by atoms with E-state index >= 15 is 0 Å². The molecular weight excluding hydrogens is 216 g/mol. The van der Waals surface area contributed by atoms with Crippen LogP contribution in [0.25, 0.3) is 0 Å². The van der Waals surface area contributed by atoms with Crippen LogP contribution in [0.4, 0.5) is 0 Å².